The van der Waals surface area contributed by atoms with Crippen molar-refractivity contribution < 1.29 is 36.2 Å². The van der Waals surface area contributed by atoms with Gasteiger partial charge < -0.3 is 4.74 Å². The molecule has 0 radical (unpaired) electrons. The van der Waals surface area contributed by atoms with Crippen LogP contribution < -0.4 is 0 Å². The lowest BCUT2D eigenvalue weighted by molar-refractivity contribution is -0.914. The molecule has 1 atom stereocenters. The highest BCUT2D eigenvalue weighted by molar-refractivity contribution is 7.80. The van der Waals surface area contributed by atoms with E-state index in [0.29, 0.717) is 10.1 Å². The number of esters is 1. The largest absolute Gasteiger partial charge is 0.424 e. The third-order valence-corrected chi connectivity index (χ3v) is 2.18. The van der Waals surface area contributed by atoms with Crippen LogP contribution >= 0.6 is 0 Å². The van der Waals surface area contributed by atoms with Crippen molar-refractivity contribution in [3.8, 4) is 0 Å². The predicted octanol–water partition coefficient (Wildman–Crippen LogP) is 0.525. The Kier molecular flexibility index (Phi) is 8.80. The molecule has 0 aromatic heterocycles. The Labute approximate surface area is 114 Å². The molecule has 0 bridgehead atoms. The van der Waals surface area contributed by atoms with Crippen molar-refractivity contribution in [1.29, 1.82) is 0 Å². The van der Waals surface area contributed by atoms with Crippen LogP contribution in [0.2, 0.25) is 0 Å². The van der Waals surface area contributed by atoms with Gasteiger partial charge in [-0.3, -0.25) is 9.04 Å². The normalized spacial score (nSPS) is 13.0. The minimum Gasteiger partial charge on any atom is -0.409 e. The van der Waals surface area contributed by atoms with E-state index >= 15 is 0 Å². The van der Waals surface area contributed by atoms with Crippen molar-refractivity contribution in [3.63, 3.8) is 0 Å². The van der Waals surface area contributed by atoms with Gasteiger partial charge >= 0.3 is 16.4 Å². The summed E-state index contributed by atoms with van der Waals surface area (Å²) in [6.45, 7) is 7.01. The first-order chi connectivity index (χ1) is 8.31. The summed E-state index contributed by atoms with van der Waals surface area (Å²) in [7, 11) is 2.48. The van der Waals surface area contributed by atoms with Crippen molar-refractivity contribution in [1.82, 2.24) is 0 Å². The molecule has 0 spiro atoms. The monoisotopic (exact) mass is 300 g/mol. The molecule has 0 aromatic carbocycles. The Balaban J connectivity index is 0. The smallest absolute Gasteiger partial charge is 0.409 e. The Bertz CT molecular complexity index is 397. The number of carbonyl (C=O) groups is 1. The maximum absolute atomic E-state index is 11.1. The molecule has 0 aliphatic rings. The average Bonchev–Trinajstić information content (AvgIpc) is 2.14. The summed E-state index contributed by atoms with van der Waals surface area (Å²) in [5.74, 6) is -0.324. The third-order valence-electron chi connectivity index (χ3n) is 1.87. The fourth-order valence-corrected chi connectivity index (χ4v) is 0.672. The van der Waals surface area contributed by atoms with Gasteiger partial charge in [-0.15, -0.1) is 0 Å². The Morgan fingerprint density at radius 2 is 1.74 bits per heavy atom. The average molecular weight is 300 g/mol. The van der Waals surface area contributed by atoms with E-state index < -0.39 is 10.4 Å². The Morgan fingerprint density at radius 1 is 1.32 bits per heavy atom. The molecule has 19 heavy (non-hydrogen) atoms. The standard InChI is InChI=1S/C9H18NO2.CH4O5S/c1-7(2)9(11)12-8(3)10(4,5)6;1-5-6-7(2,3)4/h8H,1H2,2-6H3;1H3,(H,2,3,4)/q+1;. The summed E-state index contributed by atoms with van der Waals surface area (Å²) in [6, 6.07) is 0. The summed E-state index contributed by atoms with van der Waals surface area (Å²) in [5, 5.41) is 0. The van der Waals surface area contributed by atoms with Crippen LogP contribution in [0.3, 0.4) is 0 Å². The van der Waals surface area contributed by atoms with Crippen molar-refractivity contribution in [2.45, 2.75) is 20.1 Å². The van der Waals surface area contributed by atoms with Gasteiger partial charge in [-0.05, 0) is 6.92 Å². The van der Waals surface area contributed by atoms with E-state index in [1.165, 1.54) is 0 Å². The maximum atomic E-state index is 11.1. The summed E-state index contributed by atoms with van der Waals surface area (Å²) >= 11 is 0. The molecule has 0 aromatic rings. The van der Waals surface area contributed by atoms with E-state index in [2.05, 4.69) is 15.8 Å². The second-order valence-corrected chi connectivity index (χ2v) is 5.56. The summed E-state index contributed by atoms with van der Waals surface area (Å²) < 4.78 is 35.5. The number of nitrogens with zero attached hydrogens (tertiary/aromatic N) is 1. The van der Waals surface area contributed by atoms with Crippen molar-refractivity contribution >= 4 is 16.4 Å². The molecule has 114 valence electrons. The topological polar surface area (TPSA) is 99.1 Å². The van der Waals surface area contributed by atoms with Gasteiger partial charge in [0.25, 0.3) is 0 Å². The molecule has 1 N–H and O–H groups in total. The van der Waals surface area contributed by atoms with Crippen molar-refractivity contribution in [3.05, 3.63) is 12.2 Å². The first kappa shape index (κ1) is 20.3. The number of ether oxygens (including phenoxy) is 1. The highest BCUT2D eigenvalue weighted by atomic mass is 32.3. The molecule has 0 fully saturated rings. The van der Waals surface area contributed by atoms with Gasteiger partial charge in [-0.2, -0.15) is 8.42 Å². The van der Waals surface area contributed by atoms with E-state index in [1.807, 2.05) is 28.1 Å². The zero-order valence-corrected chi connectivity index (χ0v) is 12.9. The highest BCUT2D eigenvalue weighted by Crippen LogP contribution is 2.06. The number of rotatable bonds is 5. The van der Waals surface area contributed by atoms with E-state index in [9.17, 15) is 13.2 Å². The molecule has 0 aliphatic heterocycles. The molecule has 1 unspecified atom stereocenters. The highest BCUT2D eigenvalue weighted by Gasteiger charge is 2.22. The molecular weight excluding hydrogens is 278 g/mol. The quantitative estimate of drug-likeness (QED) is 0.150. The first-order valence-electron chi connectivity index (χ1n) is 5.18. The van der Waals surface area contributed by atoms with Crippen LogP contribution in [-0.2, 0) is 29.2 Å². The zero-order valence-electron chi connectivity index (χ0n) is 12.0. The van der Waals surface area contributed by atoms with Gasteiger partial charge in [-0.25, -0.2) is 9.68 Å². The lowest BCUT2D eigenvalue weighted by Crippen LogP contribution is -2.45. The van der Waals surface area contributed by atoms with E-state index in [1.54, 1.807) is 6.92 Å². The molecule has 8 nitrogen and oxygen atoms in total. The number of quaternary nitrogens is 1. The fourth-order valence-electron chi connectivity index (χ4n) is 0.500. The molecular formula is C10H22NO7S+. The van der Waals surface area contributed by atoms with Crippen LogP contribution in [0.15, 0.2) is 12.2 Å². The predicted molar refractivity (Wildman–Crippen MR) is 68.0 cm³/mol. The van der Waals surface area contributed by atoms with Crippen LogP contribution in [0.1, 0.15) is 13.8 Å². The number of hydrogen-bond donors (Lipinski definition) is 1. The molecule has 0 aliphatic carbocycles. The SMILES string of the molecule is C=C(C)C(=O)OC(C)[N+](C)(C)C.COOS(=O)(=O)O. The minimum absolute atomic E-state index is 0.144. The summed E-state index contributed by atoms with van der Waals surface area (Å²) in [5.41, 5.74) is 0.440. The van der Waals surface area contributed by atoms with Gasteiger partial charge in [0.2, 0.25) is 6.23 Å². The molecule has 0 heterocycles. The van der Waals surface area contributed by atoms with Gasteiger partial charge in [0.1, 0.15) is 0 Å². The van der Waals surface area contributed by atoms with Crippen LogP contribution in [-0.4, -0.2) is 57.9 Å². The third kappa shape index (κ3) is 13.2. The molecule has 0 saturated carbocycles. The fraction of sp³-hybridized carbons (Fsp3) is 0.700. The molecule has 0 saturated heterocycles. The number of carbonyl (C=O) groups excluding carboxylic acids is 1. The van der Waals surface area contributed by atoms with Gasteiger partial charge in [0.05, 0.1) is 28.3 Å². The van der Waals surface area contributed by atoms with Gasteiger partial charge in [0, 0.05) is 12.5 Å². The maximum Gasteiger partial charge on any atom is 0.424 e. The second-order valence-electron chi connectivity index (χ2n) is 4.56. The van der Waals surface area contributed by atoms with Crippen molar-refractivity contribution in [2.24, 2.45) is 0 Å². The van der Waals surface area contributed by atoms with Crippen LogP contribution in [0.4, 0.5) is 0 Å². The summed E-state index contributed by atoms with van der Waals surface area (Å²) in [6.07, 6.45) is -0.144. The second kappa shape index (κ2) is 8.23. The van der Waals surface area contributed by atoms with E-state index in [4.69, 9.17) is 9.29 Å². The molecule has 0 rings (SSSR count). The van der Waals surface area contributed by atoms with Crippen LogP contribution in [0.25, 0.3) is 0 Å². The molecule has 9 heteroatoms. The number of hydrogen-bond acceptors (Lipinski definition) is 6. The van der Waals surface area contributed by atoms with Gasteiger partial charge in [0.15, 0.2) is 0 Å². The first-order valence-corrected chi connectivity index (χ1v) is 6.55. The van der Waals surface area contributed by atoms with Crippen molar-refractivity contribution in [2.75, 3.05) is 28.3 Å². The lowest BCUT2D eigenvalue weighted by atomic mass is 10.3. The minimum atomic E-state index is -4.40. The van der Waals surface area contributed by atoms with Crippen LogP contribution in [0.5, 0.6) is 0 Å². The Morgan fingerprint density at radius 3 is 1.89 bits per heavy atom. The summed E-state index contributed by atoms with van der Waals surface area (Å²) in [4.78, 5) is 14.6. The van der Waals surface area contributed by atoms with Crippen LogP contribution in [0, 0.1) is 0 Å². The van der Waals surface area contributed by atoms with E-state index in [0.717, 1.165) is 7.11 Å². The zero-order chi connectivity index (χ0) is 15.9. The van der Waals surface area contributed by atoms with E-state index in [-0.39, 0.29) is 12.2 Å². The Hall–Kier alpha value is -1.00. The van der Waals surface area contributed by atoms with Gasteiger partial charge in [-0.1, -0.05) is 10.9 Å². The molecule has 0 amide bonds. The lowest BCUT2D eigenvalue weighted by Gasteiger charge is -2.30.